The van der Waals surface area contributed by atoms with E-state index in [1.165, 1.54) is 6.21 Å². The van der Waals surface area contributed by atoms with E-state index in [1.807, 2.05) is 0 Å². The highest BCUT2D eigenvalue weighted by Gasteiger charge is 2.35. The van der Waals surface area contributed by atoms with E-state index in [0.29, 0.717) is 11.3 Å². The Hall–Kier alpha value is -0.430. The van der Waals surface area contributed by atoms with Crippen LogP contribution in [-0.2, 0) is 4.57 Å². The maximum absolute atomic E-state index is 9.40. The molecule has 1 unspecified atom stereocenters. The number of halogens is 2. The van der Waals surface area contributed by atoms with Crippen molar-refractivity contribution in [2.24, 2.45) is 4.99 Å². The second-order valence-corrected chi connectivity index (χ2v) is 6.40. The highest BCUT2D eigenvalue weighted by molar-refractivity contribution is 9.10. The molecule has 94 valence electrons. The molecule has 0 amide bonds. The predicted molar refractivity (Wildman–Crippen MR) is 67.1 cm³/mol. The molecule has 0 spiro atoms. The molecule has 2 rings (SSSR count). The smallest absolute Gasteiger partial charge is 0.466 e. The van der Waals surface area contributed by atoms with Gasteiger partial charge >= 0.3 is 7.82 Å². The zero-order valence-corrected chi connectivity index (χ0v) is 11.4. The van der Waals surface area contributed by atoms with Crippen LogP contribution in [-0.4, -0.2) is 29.8 Å². The van der Waals surface area contributed by atoms with Crippen LogP contribution in [0.15, 0.2) is 40.2 Å². The number of aliphatic hydroxyl groups is 1. The highest BCUT2D eigenvalue weighted by Crippen LogP contribution is 2.43. The minimum atomic E-state index is -4.64. The van der Waals surface area contributed by atoms with E-state index in [-0.39, 0.29) is 5.76 Å². The summed E-state index contributed by atoms with van der Waals surface area (Å²) in [6, 6.07) is 0. The van der Waals surface area contributed by atoms with Gasteiger partial charge in [-0.25, -0.2) is 4.57 Å². The van der Waals surface area contributed by atoms with Crippen molar-refractivity contribution in [2.75, 3.05) is 0 Å². The van der Waals surface area contributed by atoms with E-state index in [0.717, 1.165) is 0 Å². The van der Waals surface area contributed by atoms with Crippen molar-refractivity contribution in [3.63, 3.8) is 0 Å². The van der Waals surface area contributed by atoms with Crippen LogP contribution >= 0.6 is 35.4 Å². The van der Waals surface area contributed by atoms with Gasteiger partial charge in [-0.3, -0.25) is 4.99 Å². The Morgan fingerprint density at radius 2 is 1.94 bits per heavy atom. The molecule has 0 saturated heterocycles. The number of aliphatic hydroxyl groups excluding tert-OH is 1. The molecular formula is C8H8BrClNO5P. The molecule has 0 aromatic carbocycles. The van der Waals surface area contributed by atoms with E-state index < -0.39 is 11.6 Å². The Labute approximate surface area is 110 Å². The summed E-state index contributed by atoms with van der Waals surface area (Å²) in [6.45, 7) is 0. The minimum absolute atomic E-state index is 0.123. The van der Waals surface area contributed by atoms with Crippen LogP contribution in [0.25, 0.3) is 0 Å². The van der Waals surface area contributed by atoms with Crippen LogP contribution in [0, 0.1) is 0 Å². The average Bonchev–Trinajstić information content (AvgIpc) is 2.45. The van der Waals surface area contributed by atoms with Crippen molar-refractivity contribution < 1.29 is 24.4 Å². The van der Waals surface area contributed by atoms with Crippen LogP contribution in [0.3, 0.4) is 0 Å². The topological polar surface area (TPSA) is 110 Å². The Bertz CT molecular complexity index is 482. The first kappa shape index (κ1) is 14.6. The molecule has 1 atom stereocenters. The molecular weight excluding hydrogens is 336 g/mol. The number of aliphatic imine (C=N–C) groups is 1. The molecule has 9 heteroatoms. The third kappa shape index (κ3) is 4.39. The van der Waals surface area contributed by atoms with Gasteiger partial charge in [0, 0.05) is 0 Å². The summed E-state index contributed by atoms with van der Waals surface area (Å²) < 4.78 is 8.07. The fourth-order valence-corrected chi connectivity index (χ4v) is 2.03. The minimum Gasteiger partial charge on any atom is -0.506 e. The van der Waals surface area contributed by atoms with Crippen LogP contribution in [0.1, 0.15) is 0 Å². The van der Waals surface area contributed by atoms with Crippen LogP contribution in [0.4, 0.5) is 0 Å². The normalized spacial score (nSPS) is 26.3. The second kappa shape index (κ2) is 5.06. The predicted octanol–water partition coefficient (Wildman–Crippen LogP) is 1.74. The lowest BCUT2D eigenvalue weighted by atomic mass is 10.0. The fraction of sp³-hybridized carbons (Fsp3) is 0.125. The van der Waals surface area contributed by atoms with Crippen molar-refractivity contribution in [1.29, 1.82) is 0 Å². The molecule has 0 bridgehead atoms. The Balaban J connectivity index is 0.000000249. The highest BCUT2D eigenvalue weighted by atomic mass is 79.9. The summed E-state index contributed by atoms with van der Waals surface area (Å²) in [5.41, 5.74) is 1.33. The molecule has 2 aliphatic rings. The van der Waals surface area contributed by atoms with Crippen LogP contribution in [0.2, 0.25) is 0 Å². The monoisotopic (exact) mass is 343 g/mol. The van der Waals surface area contributed by atoms with Gasteiger partial charge in [-0.2, -0.15) is 0 Å². The number of hydrogen-bond acceptors (Lipinski definition) is 3. The second-order valence-electron chi connectivity index (χ2n) is 3.07. The van der Waals surface area contributed by atoms with E-state index in [1.54, 1.807) is 18.2 Å². The van der Waals surface area contributed by atoms with Crippen molar-refractivity contribution >= 4 is 41.6 Å². The van der Waals surface area contributed by atoms with Gasteiger partial charge in [-0.15, -0.1) is 0 Å². The van der Waals surface area contributed by atoms with Crippen molar-refractivity contribution in [3.8, 4) is 0 Å². The van der Waals surface area contributed by atoms with Gasteiger partial charge in [0.05, 0.1) is 17.5 Å². The number of rotatable bonds is 0. The maximum Gasteiger partial charge on any atom is 0.466 e. The lowest BCUT2D eigenvalue weighted by Crippen LogP contribution is -2.16. The van der Waals surface area contributed by atoms with Gasteiger partial charge in [0.25, 0.3) is 0 Å². The maximum atomic E-state index is 9.40. The molecule has 4 N–H and O–H groups in total. The molecule has 1 aliphatic heterocycles. The number of fused-ring (bicyclic) bond motifs is 1. The summed E-state index contributed by atoms with van der Waals surface area (Å²) >= 11 is 9.34. The van der Waals surface area contributed by atoms with Crippen molar-refractivity contribution in [2.45, 2.75) is 3.78 Å². The van der Waals surface area contributed by atoms with E-state index in [9.17, 15) is 5.11 Å². The molecule has 0 aromatic rings. The van der Waals surface area contributed by atoms with Gasteiger partial charge < -0.3 is 19.8 Å². The fourth-order valence-electron chi connectivity index (χ4n) is 1.20. The van der Waals surface area contributed by atoms with E-state index in [2.05, 4.69) is 20.9 Å². The van der Waals surface area contributed by atoms with Gasteiger partial charge in [-0.05, 0) is 12.2 Å². The molecule has 0 fully saturated rings. The van der Waals surface area contributed by atoms with Gasteiger partial charge in [-0.1, -0.05) is 33.6 Å². The molecule has 1 aliphatic carbocycles. The number of allylic oxidation sites excluding steroid dienone is 5. The van der Waals surface area contributed by atoms with Gasteiger partial charge in [0.2, 0.25) is 0 Å². The first-order valence-corrected chi connectivity index (χ1v) is 6.88. The first-order chi connectivity index (χ1) is 7.61. The van der Waals surface area contributed by atoms with Crippen LogP contribution in [0.5, 0.6) is 0 Å². The SMILES string of the molecule is O=P(O)(O)O.OC1=C2C(=CC=CC2(Cl)Br)N=C1. The average molecular weight is 344 g/mol. The Morgan fingerprint density at radius 3 is 2.41 bits per heavy atom. The number of alkyl halides is 2. The molecule has 6 nitrogen and oxygen atoms in total. The Kier molecular flexibility index (Phi) is 4.35. The van der Waals surface area contributed by atoms with Crippen molar-refractivity contribution in [1.82, 2.24) is 0 Å². The molecule has 17 heavy (non-hydrogen) atoms. The molecule has 0 aromatic heterocycles. The standard InChI is InChI=1S/C8H5BrClNO.H3O4P/c9-8(10)3-1-2-5-7(8)6(12)4-11-5;1-5(2,3)4/h1-4,12H;(H3,1,2,3,4). The van der Waals surface area contributed by atoms with Gasteiger partial charge in [0.1, 0.15) is 9.54 Å². The number of nitrogens with zero attached hydrogens (tertiary/aromatic N) is 1. The zero-order valence-electron chi connectivity index (χ0n) is 8.16. The van der Waals surface area contributed by atoms with E-state index >= 15 is 0 Å². The zero-order chi connectivity index (χ0) is 13.3. The summed E-state index contributed by atoms with van der Waals surface area (Å²) in [7, 11) is -4.64. The quantitative estimate of drug-likeness (QED) is 0.395. The molecule has 0 radical (unpaired) electrons. The first-order valence-electron chi connectivity index (χ1n) is 4.15. The third-order valence-electron chi connectivity index (χ3n) is 1.73. The number of hydrogen-bond donors (Lipinski definition) is 4. The number of phosphoric acid groups is 1. The van der Waals surface area contributed by atoms with Crippen molar-refractivity contribution in [3.05, 3.63) is 35.3 Å². The van der Waals surface area contributed by atoms with E-state index in [4.69, 9.17) is 30.8 Å². The molecule has 0 saturated carbocycles. The summed E-state index contributed by atoms with van der Waals surface area (Å²) in [5, 5.41) is 9.40. The largest absolute Gasteiger partial charge is 0.506 e. The summed E-state index contributed by atoms with van der Waals surface area (Å²) in [4.78, 5) is 25.5. The summed E-state index contributed by atoms with van der Waals surface area (Å²) in [6.07, 6.45) is 6.75. The van der Waals surface area contributed by atoms with Gasteiger partial charge in [0.15, 0.2) is 0 Å². The Morgan fingerprint density at radius 1 is 1.41 bits per heavy atom. The lowest BCUT2D eigenvalue weighted by molar-refractivity contribution is 0.275. The summed E-state index contributed by atoms with van der Waals surface area (Å²) in [5.74, 6) is 0.123. The lowest BCUT2D eigenvalue weighted by Gasteiger charge is -2.20. The third-order valence-corrected chi connectivity index (χ3v) is 2.71. The molecule has 1 heterocycles. The van der Waals surface area contributed by atoms with Crippen LogP contribution < -0.4 is 0 Å².